The van der Waals surface area contributed by atoms with Crippen LogP contribution in [-0.4, -0.2) is 21.6 Å². The molecular formula is C9H16N4O2. The lowest BCUT2D eigenvalue weighted by Gasteiger charge is -2.17. The molecule has 1 aromatic heterocycles. The Morgan fingerprint density at radius 1 is 1.67 bits per heavy atom. The van der Waals surface area contributed by atoms with Crippen molar-refractivity contribution in [3.05, 3.63) is 12.2 Å². The highest BCUT2D eigenvalue weighted by molar-refractivity contribution is 5.75. The Bertz CT molecular complexity index is 302. The number of nitrogens with zero attached hydrogens (tertiary/aromatic N) is 2. The smallest absolute Gasteiger partial charge is 0.220 e. The third-order valence-electron chi connectivity index (χ3n) is 1.85. The molecule has 15 heavy (non-hydrogen) atoms. The van der Waals surface area contributed by atoms with Gasteiger partial charge in [-0.15, -0.1) is 0 Å². The summed E-state index contributed by atoms with van der Waals surface area (Å²) >= 11 is 0. The van der Waals surface area contributed by atoms with Crippen LogP contribution in [0, 0.1) is 0 Å². The molecule has 0 spiro atoms. The van der Waals surface area contributed by atoms with Crippen molar-refractivity contribution in [3.8, 4) is 0 Å². The number of carbonyl (C=O) groups is 1. The van der Waals surface area contributed by atoms with Crippen LogP contribution in [0.1, 0.15) is 32.5 Å². The standard InChI is InChI=1S/C9H16N4O2/c1-9(2,10)4-3-8(14)11-5-7-12-6-15-13-7/h6H,3-5,10H2,1-2H3,(H,11,14). The third kappa shape index (κ3) is 5.11. The van der Waals surface area contributed by atoms with Crippen LogP contribution < -0.4 is 11.1 Å². The molecule has 0 unspecified atom stereocenters. The van der Waals surface area contributed by atoms with E-state index in [1.807, 2.05) is 13.8 Å². The van der Waals surface area contributed by atoms with Crippen LogP contribution in [0.5, 0.6) is 0 Å². The zero-order valence-corrected chi connectivity index (χ0v) is 8.99. The molecule has 0 aromatic carbocycles. The summed E-state index contributed by atoms with van der Waals surface area (Å²) in [6.07, 6.45) is 2.27. The van der Waals surface area contributed by atoms with Crippen molar-refractivity contribution in [2.24, 2.45) is 5.73 Å². The van der Waals surface area contributed by atoms with Gasteiger partial charge in [-0.3, -0.25) is 4.79 Å². The fourth-order valence-corrected chi connectivity index (χ4v) is 0.972. The van der Waals surface area contributed by atoms with Crippen molar-refractivity contribution in [1.82, 2.24) is 15.5 Å². The second kappa shape index (κ2) is 4.88. The first kappa shape index (κ1) is 11.6. The molecule has 0 bridgehead atoms. The van der Waals surface area contributed by atoms with Crippen molar-refractivity contribution in [2.45, 2.75) is 38.8 Å². The van der Waals surface area contributed by atoms with E-state index in [2.05, 4.69) is 20.0 Å². The topological polar surface area (TPSA) is 94.0 Å². The van der Waals surface area contributed by atoms with Crippen molar-refractivity contribution < 1.29 is 9.32 Å². The van der Waals surface area contributed by atoms with Gasteiger partial charge in [0.15, 0.2) is 5.82 Å². The second-order valence-corrected chi connectivity index (χ2v) is 4.11. The molecule has 0 aliphatic carbocycles. The number of hydrogen-bond acceptors (Lipinski definition) is 5. The Hall–Kier alpha value is -1.43. The number of carbonyl (C=O) groups excluding carboxylic acids is 1. The SMILES string of the molecule is CC(C)(N)CCC(=O)NCc1ncon1. The monoisotopic (exact) mass is 212 g/mol. The maximum absolute atomic E-state index is 11.3. The Labute approximate surface area is 88.2 Å². The molecule has 1 amide bonds. The quantitative estimate of drug-likeness (QED) is 0.727. The van der Waals surface area contributed by atoms with E-state index >= 15 is 0 Å². The van der Waals surface area contributed by atoms with Gasteiger partial charge in [-0.1, -0.05) is 5.16 Å². The van der Waals surface area contributed by atoms with Gasteiger partial charge >= 0.3 is 0 Å². The summed E-state index contributed by atoms with van der Waals surface area (Å²) in [5.41, 5.74) is 5.44. The first-order valence-corrected chi connectivity index (χ1v) is 4.78. The molecule has 0 fully saturated rings. The van der Waals surface area contributed by atoms with Gasteiger partial charge in [0.25, 0.3) is 0 Å². The third-order valence-corrected chi connectivity index (χ3v) is 1.85. The average molecular weight is 212 g/mol. The fraction of sp³-hybridized carbons (Fsp3) is 0.667. The van der Waals surface area contributed by atoms with Crippen LogP contribution in [0.25, 0.3) is 0 Å². The molecule has 1 rings (SSSR count). The first-order chi connectivity index (χ1) is 6.97. The van der Waals surface area contributed by atoms with Gasteiger partial charge in [0, 0.05) is 12.0 Å². The maximum Gasteiger partial charge on any atom is 0.220 e. The van der Waals surface area contributed by atoms with Gasteiger partial charge in [0.1, 0.15) is 0 Å². The Kier molecular flexibility index (Phi) is 3.79. The summed E-state index contributed by atoms with van der Waals surface area (Å²) in [4.78, 5) is 15.1. The molecule has 3 N–H and O–H groups in total. The van der Waals surface area contributed by atoms with E-state index in [1.165, 1.54) is 6.39 Å². The minimum Gasteiger partial charge on any atom is -0.349 e. The maximum atomic E-state index is 11.3. The van der Waals surface area contributed by atoms with Gasteiger partial charge in [-0.25, -0.2) is 0 Å². The van der Waals surface area contributed by atoms with Crippen LogP contribution in [0.3, 0.4) is 0 Å². The summed E-state index contributed by atoms with van der Waals surface area (Å²) in [6, 6.07) is 0. The van der Waals surface area contributed by atoms with Crippen molar-refractivity contribution in [2.75, 3.05) is 0 Å². The van der Waals surface area contributed by atoms with Gasteiger partial charge in [0.2, 0.25) is 12.3 Å². The van der Waals surface area contributed by atoms with E-state index in [9.17, 15) is 4.79 Å². The van der Waals surface area contributed by atoms with Gasteiger partial charge < -0.3 is 15.6 Å². The highest BCUT2D eigenvalue weighted by Gasteiger charge is 2.13. The zero-order chi connectivity index (χ0) is 11.3. The molecule has 0 saturated carbocycles. The molecule has 0 aliphatic rings. The van der Waals surface area contributed by atoms with Crippen LogP contribution in [0.4, 0.5) is 0 Å². The zero-order valence-electron chi connectivity index (χ0n) is 8.99. The molecular weight excluding hydrogens is 196 g/mol. The van der Waals surface area contributed by atoms with E-state index in [0.29, 0.717) is 25.2 Å². The van der Waals surface area contributed by atoms with Crippen LogP contribution in [-0.2, 0) is 11.3 Å². The molecule has 0 atom stereocenters. The fourth-order valence-electron chi connectivity index (χ4n) is 0.972. The molecule has 6 nitrogen and oxygen atoms in total. The summed E-state index contributed by atoms with van der Waals surface area (Å²) in [7, 11) is 0. The van der Waals surface area contributed by atoms with Gasteiger partial charge in [0.05, 0.1) is 6.54 Å². The van der Waals surface area contributed by atoms with Gasteiger partial charge in [-0.05, 0) is 20.3 Å². The number of amides is 1. The van der Waals surface area contributed by atoms with E-state index in [0.717, 1.165) is 0 Å². The lowest BCUT2D eigenvalue weighted by molar-refractivity contribution is -0.121. The molecule has 0 aliphatic heterocycles. The number of hydrogen-bond donors (Lipinski definition) is 2. The number of nitrogens with two attached hydrogens (primary N) is 1. The van der Waals surface area contributed by atoms with E-state index in [-0.39, 0.29) is 11.4 Å². The van der Waals surface area contributed by atoms with Crippen molar-refractivity contribution in [1.29, 1.82) is 0 Å². The lowest BCUT2D eigenvalue weighted by atomic mass is 10.00. The number of nitrogens with one attached hydrogen (secondary N) is 1. The molecule has 0 radical (unpaired) electrons. The second-order valence-electron chi connectivity index (χ2n) is 4.11. The van der Waals surface area contributed by atoms with Crippen LogP contribution in [0.2, 0.25) is 0 Å². The lowest BCUT2D eigenvalue weighted by Crippen LogP contribution is -2.34. The average Bonchev–Trinajstić information content (AvgIpc) is 2.62. The Balaban J connectivity index is 2.20. The van der Waals surface area contributed by atoms with Gasteiger partial charge in [-0.2, -0.15) is 4.98 Å². The van der Waals surface area contributed by atoms with E-state index < -0.39 is 0 Å². The molecule has 1 aromatic rings. The normalized spacial score (nSPS) is 11.4. The first-order valence-electron chi connectivity index (χ1n) is 4.78. The van der Waals surface area contributed by atoms with Crippen LogP contribution >= 0.6 is 0 Å². The molecule has 1 heterocycles. The summed E-state index contributed by atoms with van der Waals surface area (Å²) in [5, 5.41) is 6.25. The van der Waals surface area contributed by atoms with Crippen LogP contribution in [0.15, 0.2) is 10.9 Å². The minimum atomic E-state index is -0.316. The number of rotatable bonds is 5. The Morgan fingerprint density at radius 3 is 2.93 bits per heavy atom. The predicted molar refractivity (Wildman–Crippen MR) is 53.6 cm³/mol. The summed E-state index contributed by atoms with van der Waals surface area (Å²) < 4.78 is 4.53. The molecule has 6 heteroatoms. The number of aromatic nitrogens is 2. The minimum absolute atomic E-state index is 0.0571. The van der Waals surface area contributed by atoms with Crippen molar-refractivity contribution in [3.63, 3.8) is 0 Å². The highest BCUT2D eigenvalue weighted by Crippen LogP contribution is 2.06. The Morgan fingerprint density at radius 2 is 2.40 bits per heavy atom. The largest absolute Gasteiger partial charge is 0.349 e. The highest BCUT2D eigenvalue weighted by atomic mass is 16.5. The van der Waals surface area contributed by atoms with Crippen molar-refractivity contribution >= 4 is 5.91 Å². The molecule has 84 valence electrons. The summed E-state index contributed by atoms with van der Waals surface area (Å²) in [5.74, 6) is 0.411. The predicted octanol–water partition coefficient (Wildman–Crippen LogP) is 0.203. The van der Waals surface area contributed by atoms with E-state index in [4.69, 9.17) is 5.73 Å². The van der Waals surface area contributed by atoms with E-state index in [1.54, 1.807) is 0 Å². The molecule has 0 saturated heterocycles. The summed E-state index contributed by atoms with van der Waals surface area (Å²) in [6.45, 7) is 4.07.